The van der Waals surface area contributed by atoms with E-state index in [2.05, 4.69) is 30.3 Å². The van der Waals surface area contributed by atoms with Gasteiger partial charge in [-0.3, -0.25) is 4.68 Å². The van der Waals surface area contributed by atoms with E-state index >= 15 is 0 Å². The molecule has 0 spiro atoms. The molecule has 2 aromatic rings. The standard InChI is InChI=1S/C13H20N8/c14-11-17-12(15-5-3-9-21-10-4-6-16-21)19-13(18-11)20-7-1-2-8-20/h4,6,10H,1-3,5,7-9H2,(H3,14,15,17,18,19). The second kappa shape index (κ2) is 6.38. The Morgan fingerprint density at radius 2 is 2.05 bits per heavy atom. The molecule has 0 atom stereocenters. The molecule has 0 amide bonds. The maximum absolute atomic E-state index is 5.77. The van der Waals surface area contributed by atoms with Crippen molar-refractivity contribution >= 4 is 17.8 Å². The maximum atomic E-state index is 5.77. The zero-order valence-corrected chi connectivity index (χ0v) is 11.9. The van der Waals surface area contributed by atoms with Crippen LogP contribution in [-0.4, -0.2) is 44.4 Å². The van der Waals surface area contributed by atoms with Crippen LogP contribution in [0.15, 0.2) is 18.5 Å². The molecule has 8 nitrogen and oxygen atoms in total. The number of hydrogen-bond acceptors (Lipinski definition) is 7. The number of aryl methyl sites for hydroxylation is 1. The van der Waals surface area contributed by atoms with Gasteiger partial charge in [0, 0.05) is 38.6 Å². The number of nitrogens with two attached hydrogens (primary N) is 1. The van der Waals surface area contributed by atoms with E-state index in [4.69, 9.17) is 5.73 Å². The van der Waals surface area contributed by atoms with Crippen molar-refractivity contribution in [1.82, 2.24) is 24.7 Å². The van der Waals surface area contributed by atoms with E-state index in [0.717, 1.165) is 32.6 Å². The lowest BCUT2D eigenvalue weighted by atomic mass is 10.4. The van der Waals surface area contributed by atoms with Gasteiger partial charge in [0.1, 0.15) is 0 Å². The van der Waals surface area contributed by atoms with Gasteiger partial charge in [-0.1, -0.05) is 0 Å². The number of nitrogen functional groups attached to an aromatic ring is 1. The minimum Gasteiger partial charge on any atom is -0.368 e. The lowest BCUT2D eigenvalue weighted by Gasteiger charge is -2.16. The summed E-state index contributed by atoms with van der Waals surface area (Å²) in [4.78, 5) is 14.9. The molecule has 3 heterocycles. The molecule has 112 valence electrons. The van der Waals surface area contributed by atoms with Gasteiger partial charge in [0.05, 0.1) is 0 Å². The fourth-order valence-corrected chi connectivity index (χ4v) is 2.39. The highest BCUT2D eigenvalue weighted by Crippen LogP contribution is 2.17. The number of nitrogens with zero attached hydrogens (tertiary/aromatic N) is 6. The molecule has 1 saturated heterocycles. The molecule has 1 fully saturated rings. The Hall–Kier alpha value is -2.38. The number of nitrogens with one attached hydrogen (secondary N) is 1. The zero-order valence-electron chi connectivity index (χ0n) is 11.9. The van der Waals surface area contributed by atoms with E-state index in [1.54, 1.807) is 6.20 Å². The van der Waals surface area contributed by atoms with E-state index in [9.17, 15) is 0 Å². The average molecular weight is 288 g/mol. The van der Waals surface area contributed by atoms with Gasteiger partial charge in [-0.15, -0.1) is 0 Å². The molecule has 1 aliphatic rings. The molecule has 3 N–H and O–H groups in total. The van der Waals surface area contributed by atoms with Crippen molar-refractivity contribution in [2.75, 3.05) is 35.6 Å². The smallest absolute Gasteiger partial charge is 0.231 e. The SMILES string of the molecule is Nc1nc(NCCCn2cccn2)nc(N2CCCC2)n1. The second-order valence-electron chi connectivity index (χ2n) is 5.06. The number of anilines is 3. The number of rotatable bonds is 6. The third-order valence-electron chi connectivity index (χ3n) is 3.44. The van der Waals surface area contributed by atoms with Crippen molar-refractivity contribution in [3.63, 3.8) is 0 Å². The Bertz CT molecular complexity index is 562. The summed E-state index contributed by atoms with van der Waals surface area (Å²) in [7, 11) is 0. The van der Waals surface area contributed by atoms with E-state index in [1.807, 2.05) is 16.9 Å². The molecule has 0 bridgehead atoms. The Labute approximate surface area is 123 Å². The Kier molecular flexibility index (Phi) is 4.13. The lowest BCUT2D eigenvalue weighted by molar-refractivity contribution is 0.591. The first kappa shape index (κ1) is 13.6. The topological polar surface area (TPSA) is 97.8 Å². The van der Waals surface area contributed by atoms with Gasteiger partial charge in [-0.2, -0.15) is 20.1 Å². The summed E-state index contributed by atoms with van der Waals surface area (Å²) in [5, 5.41) is 7.36. The summed E-state index contributed by atoms with van der Waals surface area (Å²) >= 11 is 0. The van der Waals surface area contributed by atoms with Crippen LogP contribution in [0.2, 0.25) is 0 Å². The first-order valence-electron chi connectivity index (χ1n) is 7.29. The molecule has 0 unspecified atom stereocenters. The summed E-state index contributed by atoms with van der Waals surface area (Å²) in [6.07, 6.45) is 7.03. The summed E-state index contributed by atoms with van der Waals surface area (Å²) in [6, 6.07) is 1.92. The van der Waals surface area contributed by atoms with E-state index in [-0.39, 0.29) is 5.95 Å². The van der Waals surface area contributed by atoms with Crippen molar-refractivity contribution < 1.29 is 0 Å². The van der Waals surface area contributed by atoms with E-state index in [0.29, 0.717) is 11.9 Å². The maximum Gasteiger partial charge on any atom is 0.231 e. The minimum atomic E-state index is 0.265. The van der Waals surface area contributed by atoms with E-state index in [1.165, 1.54) is 12.8 Å². The van der Waals surface area contributed by atoms with Crippen LogP contribution in [0.4, 0.5) is 17.8 Å². The summed E-state index contributed by atoms with van der Waals surface area (Å²) in [5.41, 5.74) is 5.77. The molecule has 1 aliphatic heterocycles. The van der Waals surface area contributed by atoms with Crippen LogP contribution in [0, 0.1) is 0 Å². The molecule has 0 aliphatic carbocycles. The molecular weight excluding hydrogens is 268 g/mol. The lowest BCUT2D eigenvalue weighted by Crippen LogP contribution is -2.22. The predicted octanol–water partition coefficient (Wildman–Crippen LogP) is 0.753. The minimum absolute atomic E-state index is 0.265. The molecule has 21 heavy (non-hydrogen) atoms. The van der Waals surface area contributed by atoms with Gasteiger partial charge in [0.2, 0.25) is 17.8 Å². The third-order valence-corrected chi connectivity index (χ3v) is 3.44. The monoisotopic (exact) mass is 288 g/mol. The van der Waals surface area contributed by atoms with Crippen molar-refractivity contribution in [3.05, 3.63) is 18.5 Å². The van der Waals surface area contributed by atoms with Crippen LogP contribution in [0.1, 0.15) is 19.3 Å². The molecule has 2 aromatic heterocycles. The zero-order chi connectivity index (χ0) is 14.5. The fraction of sp³-hybridized carbons (Fsp3) is 0.538. The average Bonchev–Trinajstić information content (AvgIpc) is 3.16. The first-order valence-corrected chi connectivity index (χ1v) is 7.29. The molecule has 0 aromatic carbocycles. The van der Waals surface area contributed by atoms with Crippen LogP contribution in [-0.2, 0) is 6.54 Å². The van der Waals surface area contributed by atoms with Gasteiger partial charge >= 0.3 is 0 Å². The quantitative estimate of drug-likeness (QED) is 0.757. The van der Waals surface area contributed by atoms with E-state index < -0.39 is 0 Å². The predicted molar refractivity (Wildman–Crippen MR) is 81.0 cm³/mol. The molecule has 8 heteroatoms. The highest BCUT2D eigenvalue weighted by Gasteiger charge is 2.16. The summed E-state index contributed by atoms with van der Waals surface area (Å²) in [6.45, 7) is 3.60. The highest BCUT2D eigenvalue weighted by molar-refractivity contribution is 5.42. The molecule has 0 saturated carbocycles. The molecule has 3 rings (SSSR count). The van der Waals surface area contributed by atoms with Gasteiger partial charge in [-0.25, -0.2) is 0 Å². The Morgan fingerprint density at radius 1 is 1.19 bits per heavy atom. The number of hydrogen-bond donors (Lipinski definition) is 2. The van der Waals surface area contributed by atoms with Crippen molar-refractivity contribution in [2.45, 2.75) is 25.8 Å². The number of aromatic nitrogens is 5. The fourth-order valence-electron chi connectivity index (χ4n) is 2.39. The largest absolute Gasteiger partial charge is 0.368 e. The molecule has 0 radical (unpaired) electrons. The normalized spacial score (nSPS) is 14.6. The Balaban J connectivity index is 1.54. The van der Waals surface area contributed by atoms with Crippen molar-refractivity contribution in [3.8, 4) is 0 Å². The van der Waals surface area contributed by atoms with Gasteiger partial charge in [0.25, 0.3) is 0 Å². The van der Waals surface area contributed by atoms with Crippen molar-refractivity contribution in [1.29, 1.82) is 0 Å². The summed E-state index contributed by atoms with van der Waals surface area (Å²) in [5.74, 6) is 1.49. The van der Waals surface area contributed by atoms with Gasteiger partial charge < -0.3 is 16.0 Å². The van der Waals surface area contributed by atoms with Crippen LogP contribution in [0.25, 0.3) is 0 Å². The second-order valence-corrected chi connectivity index (χ2v) is 5.06. The van der Waals surface area contributed by atoms with Crippen molar-refractivity contribution in [2.24, 2.45) is 0 Å². The van der Waals surface area contributed by atoms with Crippen LogP contribution < -0.4 is 16.0 Å². The van der Waals surface area contributed by atoms with Crippen LogP contribution >= 0.6 is 0 Å². The van der Waals surface area contributed by atoms with Crippen LogP contribution in [0.3, 0.4) is 0 Å². The molecular formula is C13H20N8. The van der Waals surface area contributed by atoms with Crippen LogP contribution in [0.5, 0.6) is 0 Å². The summed E-state index contributed by atoms with van der Waals surface area (Å²) < 4.78 is 1.90. The van der Waals surface area contributed by atoms with Gasteiger partial charge in [0.15, 0.2) is 0 Å². The Morgan fingerprint density at radius 3 is 2.81 bits per heavy atom. The first-order chi connectivity index (χ1) is 10.3. The third kappa shape index (κ3) is 3.59. The highest BCUT2D eigenvalue weighted by atomic mass is 15.3. The van der Waals surface area contributed by atoms with Gasteiger partial charge in [-0.05, 0) is 25.3 Å².